The minimum atomic E-state index is -0.435. The van der Waals surface area contributed by atoms with Crippen molar-refractivity contribution in [1.29, 1.82) is 0 Å². The summed E-state index contributed by atoms with van der Waals surface area (Å²) in [5.41, 5.74) is 2.10. The van der Waals surface area contributed by atoms with Gasteiger partial charge < -0.3 is 24.6 Å². The summed E-state index contributed by atoms with van der Waals surface area (Å²) in [7, 11) is 1.62. The zero-order valence-corrected chi connectivity index (χ0v) is 19.4. The van der Waals surface area contributed by atoms with Crippen LogP contribution in [0.15, 0.2) is 54.6 Å². The fraction of sp³-hybridized carbons (Fsp3) is 0.423. The fourth-order valence-corrected chi connectivity index (χ4v) is 4.39. The van der Waals surface area contributed by atoms with E-state index < -0.39 is 5.92 Å². The van der Waals surface area contributed by atoms with Crippen LogP contribution in [0.2, 0.25) is 0 Å². The topological polar surface area (TPSA) is 88.2 Å². The van der Waals surface area contributed by atoms with Gasteiger partial charge in [-0.3, -0.25) is 14.4 Å². The molecule has 3 amide bonds. The summed E-state index contributed by atoms with van der Waals surface area (Å²) in [6.45, 7) is 1.91. The van der Waals surface area contributed by atoms with Crippen molar-refractivity contribution in [3.05, 3.63) is 65.7 Å². The second-order valence-electron chi connectivity index (χ2n) is 8.78. The molecule has 0 bridgehead atoms. The molecule has 0 aliphatic carbocycles. The summed E-state index contributed by atoms with van der Waals surface area (Å²) in [5.74, 6) is -0.0949. The first kappa shape index (κ1) is 23.8. The normalized spacial score (nSPS) is 20.7. The summed E-state index contributed by atoms with van der Waals surface area (Å²) in [6.07, 6.45) is 0.545. The van der Waals surface area contributed by atoms with Crippen molar-refractivity contribution in [2.75, 3.05) is 39.8 Å². The Hall–Kier alpha value is -3.39. The summed E-state index contributed by atoms with van der Waals surface area (Å²) in [4.78, 5) is 41.2. The zero-order chi connectivity index (χ0) is 23.9. The molecule has 2 aromatic rings. The van der Waals surface area contributed by atoms with Crippen molar-refractivity contribution in [3.8, 4) is 5.75 Å². The van der Waals surface area contributed by atoms with Crippen LogP contribution >= 0.6 is 0 Å². The molecule has 0 spiro atoms. The quantitative estimate of drug-likeness (QED) is 0.640. The molecule has 4 rings (SSSR count). The number of benzene rings is 2. The summed E-state index contributed by atoms with van der Waals surface area (Å²) < 4.78 is 11.5. The van der Waals surface area contributed by atoms with Crippen LogP contribution in [-0.4, -0.2) is 73.5 Å². The predicted octanol–water partition coefficient (Wildman–Crippen LogP) is 1.63. The molecule has 1 N–H and O–H groups in total. The average molecular weight is 466 g/mol. The van der Waals surface area contributed by atoms with Crippen molar-refractivity contribution in [1.82, 2.24) is 15.1 Å². The van der Waals surface area contributed by atoms with Crippen LogP contribution in [0.3, 0.4) is 0 Å². The Balaban J connectivity index is 1.46. The SMILES string of the molecule is COc1cccc(CO[C@H]2CN(CCc3ccccc3)C(=O)CN(C(=O)[C@@H]3CNC(=O)C3)C2)c1. The number of methoxy groups -OCH3 is 1. The van der Waals surface area contributed by atoms with Crippen molar-refractivity contribution in [3.63, 3.8) is 0 Å². The van der Waals surface area contributed by atoms with E-state index in [4.69, 9.17) is 9.47 Å². The van der Waals surface area contributed by atoms with Gasteiger partial charge in [0, 0.05) is 32.6 Å². The average Bonchev–Trinajstić information content (AvgIpc) is 3.23. The van der Waals surface area contributed by atoms with E-state index in [0.29, 0.717) is 32.8 Å². The second-order valence-corrected chi connectivity index (χ2v) is 8.78. The molecule has 2 aliphatic rings. The van der Waals surface area contributed by atoms with Crippen LogP contribution in [0, 0.1) is 5.92 Å². The van der Waals surface area contributed by atoms with E-state index in [0.717, 1.165) is 23.3 Å². The molecule has 2 atom stereocenters. The molecule has 8 nitrogen and oxygen atoms in total. The number of amides is 3. The highest BCUT2D eigenvalue weighted by Gasteiger charge is 2.36. The van der Waals surface area contributed by atoms with Gasteiger partial charge in [-0.25, -0.2) is 0 Å². The van der Waals surface area contributed by atoms with Gasteiger partial charge in [-0.2, -0.15) is 0 Å². The van der Waals surface area contributed by atoms with Crippen molar-refractivity contribution < 1.29 is 23.9 Å². The molecule has 0 radical (unpaired) electrons. The van der Waals surface area contributed by atoms with Gasteiger partial charge in [-0.05, 0) is 29.7 Å². The van der Waals surface area contributed by atoms with Gasteiger partial charge in [0.25, 0.3) is 0 Å². The lowest BCUT2D eigenvalue weighted by atomic mass is 10.1. The lowest BCUT2D eigenvalue weighted by molar-refractivity contribution is -0.141. The summed E-state index contributed by atoms with van der Waals surface area (Å²) in [6, 6.07) is 17.7. The number of rotatable bonds is 8. The van der Waals surface area contributed by atoms with Crippen LogP contribution in [0.4, 0.5) is 0 Å². The highest BCUT2D eigenvalue weighted by Crippen LogP contribution is 2.19. The Labute approximate surface area is 199 Å². The van der Waals surface area contributed by atoms with Crippen molar-refractivity contribution in [2.24, 2.45) is 5.92 Å². The molecule has 34 heavy (non-hydrogen) atoms. The summed E-state index contributed by atoms with van der Waals surface area (Å²) in [5, 5.41) is 2.71. The van der Waals surface area contributed by atoms with E-state index in [1.165, 1.54) is 0 Å². The van der Waals surface area contributed by atoms with Crippen molar-refractivity contribution >= 4 is 17.7 Å². The lowest BCUT2D eigenvalue weighted by Gasteiger charge is -2.26. The molecule has 0 saturated carbocycles. The number of carbonyl (C=O) groups is 3. The Morgan fingerprint density at radius 3 is 2.59 bits per heavy atom. The highest BCUT2D eigenvalue weighted by molar-refractivity contribution is 5.91. The van der Waals surface area contributed by atoms with Crippen LogP contribution in [0.1, 0.15) is 17.5 Å². The van der Waals surface area contributed by atoms with Crippen LogP contribution in [-0.2, 0) is 32.1 Å². The molecule has 180 valence electrons. The predicted molar refractivity (Wildman–Crippen MR) is 126 cm³/mol. The molecule has 2 fully saturated rings. The Morgan fingerprint density at radius 2 is 1.85 bits per heavy atom. The largest absolute Gasteiger partial charge is 0.497 e. The smallest absolute Gasteiger partial charge is 0.242 e. The second kappa shape index (κ2) is 11.2. The van der Waals surface area contributed by atoms with E-state index in [2.05, 4.69) is 5.32 Å². The van der Waals surface area contributed by atoms with Crippen LogP contribution in [0.5, 0.6) is 5.75 Å². The van der Waals surface area contributed by atoms with Crippen molar-refractivity contribution in [2.45, 2.75) is 25.6 Å². The van der Waals surface area contributed by atoms with E-state index >= 15 is 0 Å². The Morgan fingerprint density at radius 1 is 1.06 bits per heavy atom. The first-order valence-corrected chi connectivity index (χ1v) is 11.6. The first-order valence-electron chi connectivity index (χ1n) is 11.6. The third-order valence-electron chi connectivity index (χ3n) is 6.30. The maximum Gasteiger partial charge on any atom is 0.242 e. The maximum absolute atomic E-state index is 13.1. The van der Waals surface area contributed by atoms with E-state index in [-0.39, 0.29) is 36.8 Å². The summed E-state index contributed by atoms with van der Waals surface area (Å²) >= 11 is 0. The number of ether oxygens (including phenoxy) is 2. The zero-order valence-electron chi connectivity index (χ0n) is 19.4. The van der Waals surface area contributed by atoms with E-state index in [1.54, 1.807) is 16.9 Å². The molecule has 0 unspecified atom stereocenters. The maximum atomic E-state index is 13.1. The van der Waals surface area contributed by atoms with Gasteiger partial charge >= 0.3 is 0 Å². The molecular formula is C26H31N3O5. The minimum absolute atomic E-state index is 0.00265. The van der Waals surface area contributed by atoms with Gasteiger partial charge in [0.2, 0.25) is 17.7 Å². The number of hydrogen-bond acceptors (Lipinski definition) is 5. The van der Waals surface area contributed by atoms with Crippen LogP contribution in [0.25, 0.3) is 0 Å². The lowest BCUT2D eigenvalue weighted by Crippen LogP contribution is -2.43. The van der Waals surface area contributed by atoms with Gasteiger partial charge in [0.15, 0.2) is 0 Å². The van der Waals surface area contributed by atoms with Gasteiger partial charge in [-0.1, -0.05) is 42.5 Å². The molecule has 2 aliphatic heterocycles. The van der Waals surface area contributed by atoms with E-state index in [9.17, 15) is 14.4 Å². The van der Waals surface area contributed by atoms with Gasteiger partial charge in [0.1, 0.15) is 5.75 Å². The standard InChI is InChI=1S/C26H31N3O5/c1-33-22-9-5-8-20(12-22)18-34-23-15-28(11-10-19-6-3-2-4-7-19)25(31)17-29(16-23)26(32)21-13-24(30)27-14-21/h2-9,12,21,23H,10-11,13-18H2,1H3,(H,27,30)/t21-,23-/m0/s1. The third-order valence-corrected chi connectivity index (χ3v) is 6.30. The molecule has 2 saturated heterocycles. The third kappa shape index (κ3) is 6.14. The number of hydrogen-bond donors (Lipinski definition) is 1. The molecular weight excluding hydrogens is 434 g/mol. The van der Waals surface area contributed by atoms with Gasteiger partial charge in [-0.15, -0.1) is 0 Å². The van der Waals surface area contributed by atoms with Crippen LogP contribution < -0.4 is 10.1 Å². The number of nitrogens with one attached hydrogen (secondary N) is 1. The molecule has 2 aromatic carbocycles. The Bertz CT molecular complexity index is 1010. The minimum Gasteiger partial charge on any atom is -0.497 e. The first-order chi connectivity index (χ1) is 16.5. The molecule has 8 heteroatoms. The number of nitrogens with zero attached hydrogens (tertiary/aromatic N) is 2. The Kier molecular flexibility index (Phi) is 7.80. The van der Waals surface area contributed by atoms with Gasteiger partial charge in [0.05, 0.1) is 32.3 Å². The van der Waals surface area contributed by atoms with E-state index in [1.807, 2.05) is 54.6 Å². The molecule has 0 aromatic heterocycles. The fourth-order valence-electron chi connectivity index (χ4n) is 4.39. The highest BCUT2D eigenvalue weighted by atomic mass is 16.5. The monoisotopic (exact) mass is 465 g/mol. The molecule has 2 heterocycles. The number of carbonyl (C=O) groups excluding carboxylic acids is 3.